The van der Waals surface area contributed by atoms with Crippen LogP contribution in [0.15, 0.2) is 12.7 Å². The topological polar surface area (TPSA) is 35.5 Å². The molecular formula is C9H14O3. The average molecular weight is 170 g/mol. The van der Waals surface area contributed by atoms with Gasteiger partial charge in [-0.2, -0.15) is 0 Å². The van der Waals surface area contributed by atoms with Crippen molar-refractivity contribution in [2.24, 2.45) is 5.92 Å². The number of allylic oxidation sites excluding steroid dienone is 1. The molecule has 0 spiro atoms. The first-order chi connectivity index (χ1) is 5.73. The number of hydrogen-bond donors (Lipinski definition) is 0. The number of hydrogen-bond acceptors (Lipinski definition) is 3. The van der Waals surface area contributed by atoms with Crippen LogP contribution in [0.4, 0.5) is 0 Å². The Kier molecular flexibility index (Phi) is 3.00. The normalized spacial score (nSPS) is 23.4. The highest BCUT2D eigenvalue weighted by atomic mass is 16.7. The Hall–Kier alpha value is -0.670. The third-order valence-electron chi connectivity index (χ3n) is 2.12. The lowest BCUT2D eigenvalue weighted by Gasteiger charge is -2.27. The molecule has 1 atom stereocenters. The van der Waals surface area contributed by atoms with E-state index in [1.54, 1.807) is 13.0 Å². The molecule has 3 heteroatoms. The maximum absolute atomic E-state index is 10.7. The monoisotopic (exact) mass is 170 g/mol. The summed E-state index contributed by atoms with van der Waals surface area (Å²) in [4.78, 5) is 10.7. The molecule has 0 N–H and O–H groups in total. The molecule has 1 rings (SSSR count). The van der Waals surface area contributed by atoms with Crippen molar-refractivity contribution in [2.75, 3.05) is 13.2 Å². The minimum Gasteiger partial charge on any atom is -0.347 e. The van der Waals surface area contributed by atoms with E-state index in [0.717, 1.165) is 6.29 Å². The maximum atomic E-state index is 10.7. The summed E-state index contributed by atoms with van der Waals surface area (Å²) in [7, 11) is 0. The first kappa shape index (κ1) is 9.42. The van der Waals surface area contributed by atoms with E-state index in [2.05, 4.69) is 6.58 Å². The predicted molar refractivity (Wildman–Crippen MR) is 44.7 cm³/mol. The molecule has 0 aromatic heterocycles. The lowest BCUT2D eigenvalue weighted by molar-refractivity contribution is -0.179. The number of aldehydes is 1. The number of ether oxygens (including phenoxy) is 2. The predicted octanol–water partition coefficient (Wildman–Crippen LogP) is 1.14. The van der Waals surface area contributed by atoms with Crippen LogP contribution >= 0.6 is 0 Å². The average Bonchev–Trinajstić information content (AvgIpc) is 2.49. The smallest absolute Gasteiger partial charge is 0.175 e. The Balaban J connectivity index is 2.61. The fourth-order valence-electron chi connectivity index (χ4n) is 1.32. The SMILES string of the molecule is C=CCC(C=O)C1(C)OCCO1. The minimum absolute atomic E-state index is 0.238. The summed E-state index contributed by atoms with van der Waals surface area (Å²) < 4.78 is 10.7. The van der Waals surface area contributed by atoms with E-state index >= 15 is 0 Å². The molecule has 1 saturated heterocycles. The zero-order valence-electron chi connectivity index (χ0n) is 7.29. The van der Waals surface area contributed by atoms with Crippen LogP contribution in [0.5, 0.6) is 0 Å². The molecule has 1 aliphatic rings. The van der Waals surface area contributed by atoms with Crippen LogP contribution in [0.2, 0.25) is 0 Å². The molecule has 0 aliphatic carbocycles. The third kappa shape index (κ3) is 1.73. The van der Waals surface area contributed by atoms with Crippen molar-refractivity contribution in [1.29, 1.82) is 0 Å². The third-order valence-corrected chi connectivity index (χ3v) is 2.12. The molecule has 0 saturated carbocycles. The van der Waals surface area contributed by atoms with Gasteiger partial charge in [-0.15, -0.1) is 6.58 Å². The molecule has 0 aromatic rings. The van der Waals surface area contributed by atoms with Gasteiger partial charge in [0.15, 0.2) is 5.79 Å². The Morgan fingerprint density at radius 1 is 1.58 bits per heavy atom. The Bertz CT molecular complexity index is 171. The van der Waals surface area contributed by atoms with Crippen molar-refractivity contribution in [3.05, 3.63) is 12.7 Å². The summed E-state index contributed by atoms with van der Waals surface area (Å²) in [5.74, 6) is -0.965. The van der Waals surface area contributed by atoms with Gasteiger partial charge in [0.2, 0.25) is 0 Å². The van der Waals surface area contributed by atoms with Crippen LogP contribution in [0.3, 0.4) is 0 Å². The molecule has 1 unspecified atom stereocenters. The van der Waals surface area contributed by atoms with Crippen LogP contribution in [-0.2, 0) is 14.3 Å². The summed E-state index contributed by atoms with van der Waals surface area (Å²) in [6.07, 6.45) is 3.17. The summed E-state index contributed by atoms with van der Waals surface area (Å²) in [5.41, 5.74) is 0. The molecular weight excluding hydrogens is 156 g/mol. The molecule has 0 aromatic carbocycles. The van der Waals surface area contributed by atoms with Crippen LogP contribution in [0.25, 0.3) is 0 Å². The second kappa shape index (κ2) is 3.83. The Labute approximate surface area is 72.4 Å². The van der Waals surface area contributed by atoms with Crippen LogP contribution in [-0.4, -0.2) is 25.3 Å². The van der Waals surface area contributed by atoms with Gasteiger partial charge in [0.1, 0.15) is 6.29 Å². The van der Waals surface area contributed by atoms with Gasteiger partial charge in [0.25, 0.3) is 0 Å². The van der Waals surface area contributed by atoms with E-state index in [4.69, 9.17) is 9.47 Å². The fourth-order valence-corrected chi connectivity index (χ4v) is 1.32. The zero-order valence-corrected chi connectivity index (χ0v) is 7.29. The van der Waals surface area contributed by atoms with E-state index in [1.807, 2.05) is 0 Å². The highest BCUT2D eigenvalue weighted by Gasteiger charge is 2.38. The summed E-state index contributed by atoms with van der Waals surface area (Å²) in [5, 5.41) is 0. The summed E-state index contributed by atoms with van der Waals surface area (Å²) in [6.45, 7) is 6.51. The van der Waals surface area contributed by atoms with Crippen molar-refractivity contribution in [1.82, 2.24) is 0 Å². The first-order valence-electron chi connectivity index (χ1n) is 4.07. The van der Waals surface area contributed by atoms with E-state index in [-0.39, 0.29) is 5.92 Å². The van der Waals surface area contributed by atoms with Crippen molar-refractivity contribution in [2.45, 2.75) is 19.1 Å². The Morgan fingerprint density at radius 3 is 2.58 bits per heavy atom. The van der Waals surface area contributed by atoms with Gasteiger partial charge in [-0.3, -0.25) is 0 Å². The molecule has 3 nitrogen and oxygen atoms in total. The van der Waals surface area contributed by atoms with E-state index < -0.39 is 5.79 Å². The van der Waals surface area contributed by atoms with Crippen LogP contribution < -0.4 is 0 Å². The van der Waals surface area contributed by atoms with E-state index in [0.29, 0.717) is 19.6 Å². The van der Waals surface area contributed by atoms with Gasteiger partial charge in [-0.1, -0.05) is 6.08 Å². The molecule has 0 amide bonds. The van der Waals surface area contributed by atoms with Gasteiger partial charge in [-0.05, 0) is 13.3 Å². The van der Waals surface area contributed by atoms with Crippen molar-refractivity contribution in [3.63, 3.8) is 0 Å². The van der Waals surface area contributed by atoms with Crippen molar-refractivity contribution < 1.29 is 14.3 Å². The minimum atomic E-state index is -0.726. The molecule has 0 radical (unpaired) electrons. The lowest BCUT2D eigenvalue weighted by Crippen LogP contribution is -2.36. The fraction of sp³-hybridized carbons (Fsp3) is 0.667. The second-order valence-corrected chi connectivity index (χ2v) is 2.98. The number of carbonyl (C=O) groups is 1. The first-order valence-corrected chi connectivity index (χ1v) is 4.07. The largest absolute Gasteiger partial charge is 0.347 e. The van der Waals surface area contributed by atoms with Gasteiger partial charge >= 0.3 is 0 Å². The van der Waals surface area contributed by atoms with Crippen LogP contribution in [0, 0.1) is 5.92 Å². The molecule has 1 fully saturated rings. The van der Waals surface area contributed by atoms with E-state index in [9.17, 15) is 4.79 Å². The summed E-state index contributed by atoms with van der Waals surface area (Å²) >= 11 is 0. The van der Waals surface area contributed by atoms with E-state index in [1.165, 1.54) is 0 Å². The number of rotatable bonds is 4. The molecule has 0 bridgehead atoms. The lowest BCUT2D eigenvalue weighted by atomic mass is 9.98. The molecule has 68 valence electrons. The standard InChI is InChI=1S/C9H14O3/c1-3-4-8(7-10)9(2)11-5-6-12-9/h3,7-8H,1,4-6H2,2H3. The van der Waals surface area contributed by atoms with Crippen LogP contribution in [0.1, 0.15) is 13.3 Å². The summed E-state index contributed by atoms with van der Waals surface area (Å²) in [6, 6.07) is 0. The molecule has 12 heavy (non-hydrogen) atoms. The van der Waals surface area contributed by atoms with Crippen molar-refractivity contribution >= 4 is 6.29 Å². The molecule has 1 heterocycles. The Morgan fingerprint density at radius 2 is 2.17 bits per heavy atom. The highest BCUT2D eigenvalue weighted by Crippen LogP contribution is 2.28. The zero-order chi connectivity index (χ0) is 9.03. The van der Waals surface area contributed by atoms with Gasteiger partial charge in [-0.25, -0.2) is 0 Å². The van der Waals surface area contributed by atoms with Gasteiger partial charge in [0.05, 0.1) is 19.1 Å². The quantitative estimate of drug-likeness (QED) is 0.469. The number of carbonyl (C=O) groups excluding carboxylic acids is 1. The van der Waals surface area contributed by atoms with Gasteiger partial charge in [0, 0.05) is 0 Å². The van der Waals surface area contributed by atoms with Gasteiger partial charge < -0.3 is 14.3 Å². The van der Waals surface area contributed by atoms with Crippen molar-refractivity contribution in [3.8, 4) is 0 Å². The highest BCUT2D eigenvalue weighted by molar-refractivity contribution is 5.55. The maximum Gasteiger partial charge on any atom is 0.175 e. The molecule has 1 aliphatic heterocycles. The second-order valence-electron chi connectivity index (χ2n) is 2.98.